The molecular formula is C17H19N5OS. The number of nitrogens with one attached hydrogen (secondary N) is 1. The van der Waals surface area contributed by atoms with Crippen molar-refractivity contribution in [3.05, 3.63) is 48.4 Å². The quantitative estimate of drug-likeness (QED) is 0.550. The van der Waals surface area contributed by atoms with E-state index in [1.54, 1.807) is 10.9 Å². The van der Waals surface area contributed by atoms with E-state index in [0.717, 1.165) is 22.5 Å². The average Bonchev–Trinajstić information content (AvgIpc) is 2.98. The summed E-state index contributed by atoms with van der Waals surface area (Å²) < 4.78 is 1.70. The zero-order valence-corrected chi connectivity index (χ0v) is 14.5. The van der Waals surface area contributed by atoms with Gasteiger partial charge in [-0.3, -0.25) is 9.48 Å². The maximum atomic E-state index is 12.3. The third-order valence-electron chi connectivity index (χ3n) is 3.71. The first-order valence-corrected chi connectivity index (χ1v) is 8.64. The van der Waals surface area contributed by atoms with Crippen molar-refractivity contribution in [3.8, 4) is 0 Å². The number of benzene rings is 1. The Kier molecular flexibility index (Phi) is 5.10. The van der Waals surface area contributed by atoms with Gasteiger partial charge in [0.25, 0.3) is 0 Å². The van der Waals surface area contributed by atoms with E-state index in [0.29, 0.717) is 6.54 Å². The number of carbonyl (C=O) groups excluding carboxylic acids is 1. The van der Waals surface area contributed by atoms with Crippen LogP contribution in [0.5, 0.6) is 0 Å². The fourth-order valence-corrected chi connectivity index (χ4v) is 3.28. The van der Waals surface area contributed by atoms with Gasteiger partial charge in [0, 0.05) is 13.6 Å². The fourth-order valence-electron chi connectivity index (χ4n) is 2.37. The Labute approximate surface area is 144 Å². The number of amides is 1. The van der Waals surface area contributed by atoms with Gasteiger partial charge in [-0.15, -0.1) is 0 Å². The van der Waals surface area contributed by atoms with Crippen LogP contribution < -0.4 is 5.32 Å². The van der Waals surface area contributed by atoms with E-state index in [2.05, 4.69) is 32.5 Å². The van der Waals surface area contributed by atoms with Crippen LogP contribution in [0.15, 0.2) is 47.9 Å². The summed E-state index contributed by atoms with van der Waals surface area (Å²) in [5.74, 6) is 0.00610. The predicted molar refractivity (Wildman–Crippen MR) is 94.8 cm³/mol. The lowest BCUT2D eigenvalue weighted by Gasteiger charge is -2.12. The highest BCUT2D eigenvalue weighted by molar-refractivity contribution is 8.00. The van der Waals surface area contributed by atoms with Gasteiger partial charge in [-0.25, -0.2) is 9.97 Å². The molecule has 0 radical (unpaired) electrons. The Morgan fingerprint density at radius 1 is 1.29 bits per heavy atom. The van der Waals surface area contributed by atoms with Crippen LogP contribution in [-0.2, 0) is 18.3 Å². The molecule has 6 nitrogen and oxygen atoms in total. The van der Waals surface area contributed by atoms with Crippen LogP contribution in [0.4, 0.5) is 0 Å². The van der Waals surface area contributed by atoms with E-state index in [4.69, 9.17) is 0 Å². The summed E-state index contributed by atoms with van der Waals surface area (Å²) in [6, 6.07) is 10.1. The Morgan fingerprint density at radius 3 is 2.88 bits per heavy atom. The summed E-state index contributed by atoms with van der Waals surface area (Å²) in [6.07, 6.45) is 4.06. The second kappa shape index (κ2) is 7.44. The van der Waals surface area contributed by atoms with Crippen LogP contribution in [0.25, 0.3) is 11.0 Å². The van der Waals surface area contributed by atoms with Crippen molar-refractivity contribution in [1.29, 1.82) is 0 Å². The summed E-state index contributed by atoms with van der Waals surface area (Å²) in [6.45, 7) is 2.51. The number of thioether (sulfide) groups is 1. The minimum absolute atomic E-state index is 0.00610. The van der Waals surface area contributed by atoms with Crippen molar-refractivity contribution in [2.75, 3.05) is 6.54 Å². The van der Waals surface area contributed by atoms with Gasteiger partial charge >= 0.3 is 0 Å². The number of carbonyl (C=O) groups is 1. The van der Waals surface area contributed by atoms with Crippen molar-refractivity contribution >= 4 is 28.7 Å². The Bertz CT molecular complexity index is 833. The number of rotatable bonds is 6. The molecule has 0 bridgehead atoms. The van der Waals surface area contributed by atoms with Gasteiger partial charge in [-0.1, -0.05) is 42.1 Å². The number of aromatic nitrogens is 4. The summed E-state index contributed by atoms with van der Waals surface area (Å²) in [5, 5.41) is 8.58. The number of hydrogen-bond donors (Lipinski definition) is 1. The summed E-state index contributed by atoms with van der Waals surface area (Å²) in [4.78, 5) is 20.8. The van der Waals surface area contributed by atoms with Crippen molar-refractivity contribution in [3.63, 3.8) is 0 Å². The molecule has 1 unspecified atom stereocenters. The molecule has 124 valence electrons. The SMILES string of the molecule is CC(Sc1ncnc2c1cnn2C)C(=O)NCCc1ccccc1. The lowest BCUT2D eigenvalue weighted by Crippen LogP contribution is -2.32. The van der Waals surface area contributed by atoms with Crippen LogP contribution in [0.3, 0.4) is 0 Å². The molecule has 1 amide bonds. The maximum absolute atomic E-state index is 12.3. The predicted octanol–water partition coefficient (Wildman–Crippen LogP) is 2.20. The second-order valence-electron chi connectivity index (χ2n) is 5.47. The molecule has 0 spiro atoms. The molecule has 0 aliphatic rings. The molecule has 0 aliphatic carbocycles. The number of nitrogens with zero attached hydrogens (tertiary/aromatic N) is 4. The van der Waals surface area contributed by atoms with E-state index >= 15 is 0 Å². The molecule has 3 rings (SSSR count). The number of aryl methyl sites for hydroxylation is 1. The molecule has 0 fully saturated rings. The third-order valence-corrected chi connectivity index (χ3v) is 4.82. The molecular weight excluding hydrogens is 322 g/mol. The van der Waals surface area contributed by atoms with Gasteiger partial charge in [0.1, 0.15) is 11.4 Å². The summed E-state index contributed by atoms with van der Waals surface area (Å²) >= 11 is 1.42. The minimum Gasteiger partial charge on any atom is -0.355 e. The molecule has 24 heavy (non-hydrogen) atoms. The normalized spacial score (nSPS) is 12.2. The molecule has 0 aliphatic heterocycles. The van der Waals surface area contributed by atoms with Crippen LogP contribution in [0, 0.1) is 0 Å². The molecule has 1 N–H and O–H groups in total. The maximum Gasteiger partial charge on any atom is 0.233 e. The van der Waals surface area contributed by atoms with E-state index < -0.39 is 0 Å². The fraction of sp³-hybridized carbons (Fsp3) is 0.294. The molecule has 0 saturated carbocycles. The standard InChI is InChI=1S/C17H19N5OS/c1-12(16(23)18-9-8-13-6-4-3-5-7-13)24-17-14-10-21-22(2)15(14)19-11-20-17/h3-7,10-12H,8-9H2,1-2H3,(H,18,23). The Balaban J connectivity index is 1.57. The Hall–Kier alpha value is -2.41. The molecule has 1 aromatic carbocycles. The molecule has 2 heterocycles. The monoisotopic (exact) mass is 341 g/mol. The van der Waals surface area contributed by atoms with Crippen LogP contribution in [0.2, 0.25) is 0 Å². The van der Waals surface area contributed by atoms with E-state index in [1.165, 1.54) is 23.7 Å². The molecule has 0 saturated heterocycles. The van der Waals surface area contributed by atoms with E-state index in [-0.39, 0.29) is 11.2 Å². The van der Waals surface area contributed by atoms with E-state index in [9.17, 15) is 4.79 Å². The summed E-state index contributed by atoms with van der Waals surface area (Å²) in [7, 11) is 1.84. The van der Waals surface area contributed by atoms with Crippen LogP contribution >= 0.6 is 11.8 Å². The second-order valence-corrected chi connectivity index (χ2v) is 6.80. The van der Waals surface area contributed by atoms with Gasteiger partial charge in [0.2, 0.25) is 5.91 Å². The largest absolute Gasteiger partial charge is 0.355 e. The van der Waals surface area contributed by atoms with Crippen molar-refractivity contribution < 1.29 is 4.79 Å². The van der Waals surface area contributed by atoms with E-state index in [1.807, 2.05) is 32.2 Å². The highest BCUT2D eigenvalue weighted by Crippen LogP contribution is 2.27. The van der Waals surface area contributed by atoms with Gasteiger partial charge in [-0.2, -0.15) is 5.10 Å². The number of fused-ring (bicyclic) bond motifs is 1. The lowest BCUT2D eigenvalue weighted by molar-refractivity contribution is -0.120. The smallest absolute Gasteiger partial charge is 0.233 e. The number of hydrogen-bond acceptors (Lipinski definition) is 5. The van der Waals surface area contributed by atoms with Crippen molar-refractivity contribution in [2.45, 2.75) is 23.6 Å². The minimum atomic E-state index is -0.237. The first-order chi connectivity index (χ1) is 11.6. The topological polar surface area (TPSA) is 72.7 Å². The van der Waals surface area contributed by atoms with Crippen LogP contribution in [-0.4, -0.2) is 37.5 Å². The van der Waals surface area contributed by atoms with Crippen LogP contribution in [0.1, 0.15) is 12.5 Å². The van der Waals surface area contributed by atoms with Gasteiger partial charge in [0.05, 0.1) is 16.8 Å². The lowest BCUT2D eigenvalue weighted by atomic mass is 10.1. The molecule has 2 aromatic heterocycles. The molecule has 3 aromatic rings. The zero-order chi connectivity index (χ0) is 16.9. The van der Waals surface area contributed by atoms with Gasteiger partial charge < -0.3 is 5.32 Å². The molecule has 7 heteroatoms. The summed E-state index contributed by atoms with van der Waals surface area (Å²) in [5.41, 5.74) is 1.98. The van der Waals surface area contributed by atoms with Gasteiger partial charge in [-0.05, 0) is 18.9 Å². The highest BCUT2D eigenvalue weighted by Gasteiger charge is 2.17. The molecule has 1 atom stereocenters. The average molecular weight is 341 g/mol. The highest BCUT2D eigenvalue weighted by atomic mass is 32.2. The zero-order valence-electron chi connectivity index (χ0n) is 13.6. The van der Waals surface area contributed by atoms with Crippen molar-refractivity contribution in [2.24, 2.45) is 7.05 Å². The van der Waals surface area contributed by atoms with Crippen molar-refractivity contribution in [1.82, 2.24) is 25.1 Å². The third kappa shape index (κ3) is 3.73. The Morgan fingerprint density at radius 2 is 2.08 bits per heavy atom. The first kappa shape index (κ1) is 16.4. The first-order valence-electron chi connectivity index (χ1n) is 7.76. The van der Waals surface area contributed by atoms with Gasteiger partial charge in [0.15, 0.2) is 5.65 Å².